The Balaban J connectivity index is 1.74. The van der Waals surface area contributed by atoms with Gasteiger partial charge in [0.2, 0.25) is 0 Å². The lowest BCUT2D eigenvalue weighted by molar-refractivity contribution is 0.0429. The van der Waals surface area contributed by atoms with Crippen molar-refractivity contribution in [2.75, 3.05) is 40.8 Å². The van der Waals surface area contributed by atoms with Gasteiger partial charge in [-0.25, -0.2) is 4.79 Å². The van der Waals surface area contributed by atoms with E-state index >= 15 is 0 Å². The lowest BCUT2D eigenvalue weighted by Crippen LogP contribution is -2.60. The van der Waals surface area contributed by atoms with Crippen molar-refractivity contribution in [3.8, 4) is 11.5 Å². The van der Waals surface area contributed by atoms with Crippen molar-refractivity contribution in [3.05, 3.63) is 24.3 Å². The highest BCUT2D eigenvalue weighted by Crippen LogP contribution is 2.22. The molecule has 1 saturated heterocycles. The average molecular weight is 321 g/mol. The molecule has 23 heavy (non-hydrogen) atoms. The maximum absolute atomic E-state index is 12.1. The second-order valence-electron chi connectivity index (χ2n) is 6.69. The SMILES string of the molecule is COc1cccc(OC2CN(C(=O)NCC(C)(C)N(C)C)C2)c1. The minimum absolute atomic E-state index is 0.0367. The molecular formula is C17H27N3O3. The van der Waals surface area contributed by atoms with Crippen LogP contribution in [-0.4, -0.2) is 68.3 Å². The molecule has 6 nitrogen and oxygen atoms in total. The van der Waals surface area contributed by atoms with Crippen LogP contribution in [0.5, 0.6) is 11.5 Å². The highest BCUT2D eigenvalue weighted by Gasteiger charge is 2.33. The number of methoxy groups -OCH3 is 1. The molecule has 0 unspecified atom stereocenters. The molecule has 0 bridgehead atoms. The van der Waals surface area contributed by atoms with Crippen LogP contribution in [-0.2, 0) is 0 Å². The lowest BCUT2D eigenvalue weighted by Gasteiger charge is -2.40. The Morgan fingerprint density at radius 2 is 2.00 bits per heavy atom. The number of hydrogen-bond donors (Lipinski definition) is 1. The van der Waals surface area contributed by atoms with E-state index in [4.69, 9.17) is 9.47 Å². The van der Waals surface area contributed by atoms with Gasteiger partial charge in [-0.05, 0) is 40.1 Å². The minimum Gasteiger partial charge on any atom is -0.497 e. The molecule has 1 heterocycles. The molecular weight excluding hydrogens is 294 g/mol. The molecule has 0 atom stereocenters. The van der Waals surface area contributed by atoms with Crippen LogP contribution >= 0.6 is 0 Å². The third-order valence-electron chi connectivity index (χ3n) is 4.36. The van der Waals surface area contributed by atoms with Crippen molar-refractivity contribution < 1.29 is 14.3 Å². The van der Waals surface area contributed by atoms with Crippen LogP contribution in [0, 0.1) is 0 Å². The fourth-order valence-electron chi connectivity index (χ4n) is 2.11. The van der Waals surface area contributed by atoms with Crippen LogP contribution in [0.4, 0.5) is 4.79 Å². The summed E-state index contributed by atoms with van der Waals surface area (Å²) in [5, 5.41) is 2.98. The topological polar surface area (TPSA) is 54.0 Å². The van der Waals surface area contributed by atoms with Crippen LogP contribution in [0.2, 0.25) is 0 Å². The van der Waals surface area contributed by atoms with Crippen molar-refractivity contribution in [2.45, 2.75) is 25.5 Å². The van der Waals surface area contributed by atoms with E-state index in [1.54, 1.807) is 12.0 Å². The summed E-state index contributed by atoms with van der Waals surface area (Å²) >= 11 is 0. The Morgan fingerprint density at radius 3 is 2.61 bits per heavy atom. The third kappa shape index (κ3) is 4.51. The summed E-state index contributed by atoms with van der Waals surface area (Å²) in [5.74, 6) is 1.53. The van der Waals surface area contributed by atoms with Gasteiger partial charge < -0.3 is 24.6 Å². The zero-order valence-corrected chi connectivity index (χ0v) is 14.6. The van der Waals surface area contributed by atoms with Crippen LogP contribution in [0.3, 0.4) is 0 Å². The smallest absolute Gasteiger partial charge is 0.317 e. The quantitative estimate of drug-likeness (QED) is 0.868. The fraction of sp³-hybridized carbons (Fsp3) is 0.588. The number of benzene rings is 1. The van der Waals surface area contributed by atoms with E-state index in [-0.39, 0.29) is 17.7 Å². The van der Waals surface area contributed by atoms with Crippen LogP contribution in [0.1, 0.15) is 13.8 Å². The second kappa shape index (κ2) is 7.08. The second-order valence-corrected chi connectivity index (χ2v) is 6.69. The first-order valence-corrected chi connectivity index (χ1v) is 7.83. The van der Waals surface area contributed by atoms with Gasteiger partial charge in [-0.1, -0.05) is 6.07 Å². The molecule has 1 aromatic rings. The fourth-order valence-corrected chi connectivity index (χ4v) is 2.11. The van der Waals surface area contributed by atoms with Crippen molar-refractivity contribution in [3.63, 3.8) is 0 Å². The monoisotopic (exact) mass is 321 g/mol. The zero-order chi connectivity index (χ0) is 17.0. The molecule has 1 aliphatic heterocycles. The maximum Gasteiger partial charge on any atom is 0.317 e. The third-order valence-corrected chi connectivity index (χ3v) is 4.36. The number of carbonyl (C=O) groups excluding carboxylic acids is 1. The van der Waals surface area contributed by atoms with Gasteiger partial charge in [-0.3, -0.25) is 0 Å². The molecule has 2 amide bonds. The Kier molecular flexibility index (Phi) is 5.36. The van der Waals surface area contributed by atoms with Crippen LogP contribution in [0.15, 0.2) is 24.3 Å². The Hall–Kier alpha value is -1.95. The van der Waals surface area contributed by atoms with Gasteiger partial charge in [0, 0.05) is 18.2 Å². The number of amides is 2. The van der Waals surface area contributed by atoms with E-state index in [1.165, 1.54) is 0 Å². The Bertz CT molecular complexity index is 540. The van der Waals surface area contributed by atoms with Crippen LogP contribution in [0.25, 0.3) is 0 Å². The van der Waals surface area contributed by atoms with Crippen molar-refractivity contribution in [1.82, 2.24) is 15.1 Å². The summed E-state index contributed by atoms with van der Waals surface area (Å²) in [4.78, 5) is 16.0. The van der Waals surface area contributed by atoms with Gasteiger partial charge in [0.15, 0.2) is 0 Å². The number of nitrogens with zero attached hydrogens (tertiary/aromatic N) is 2. The molecule has 128 valence electrons. The molecule has 6 heteroatoms. The first kappa shape index (κ1) is 17.4. The van der Waals surface area contributed by atoms with Crippen molar-refractivity contribution in [2.24, 2.45) is 0 Å². The normalized spacial score (nSPS) is 15.3. The van der Waals surface area contributed by atoms with E-state index in [2.05, 4.69) is 24.1 Å². The van der Waals surface area contributed by atoms with Crippen molar-refractivity contribution >= 4 is 6.03 Å². The Morgan fingerprint density at radius 1 is 1.35 bits per heavy atom. The maximum atomic E-state index is 12.1. The first-order valence-electron chi connectivity index (χ1n) is 7.83. The zero-order valence-electron chi connectivity index (χ0n) is 14.6. The highest BCUT2D eigenvalue weighted by molar-refractivity contribution is 5.75. The summed E-state index contributed by atoms with van der Waals surface area (Å²) in [7, 11) is 5.64. The van der Waals surface area contributed by atoms with Gasteiger partial charge in [0.1, 0.15) is 17.6 Å². The Labute approximate surface area is 138 Å². The summed E-state index contributed by atoms with van der Waals surface area (Å²) in [6, 6.07) is 7.47. The number of nitrogens with one attached hydrogen (secondary N) is 1. The number of ether oxygens (including phenoxy) is 2. The minimum atomic E-state index is -0.0724. The van der Waals surface area contributed by atoms with E-state index in [9.17, 15) is 4.79 Å². The summed E-state index contributed by atoms with van der Waals surface area (Å²) in [5.41, 5.74) is -0.0724. The molecule has 1 fully saturated rings. The molecule has 0 radical (unpaired) electrons. The first-order chi connectivity index (χ1) is 10.8. The van der Waals surface area contributed by atoms with Gasteiger partial charge >= 0.3 is 6.03 Å². The van der Waals surface area contributed by atoms with E-state index in [1.807, 2.05) is 38.4 Å². The number of hydrogen-bond acceptors (Lipinski definition) is 4. The molecule has 0 spiro atoms. The summed E-state index contributed by atoms with van der Waals surface area (Å²) < 4.78 is 11.0. The van der Waals surface area contributed by atoms with Gasteiger partial charge in [0.05, 0.1) is 20.2 Å². The summed E-state index contributed by atoms with van der Waals surface area (Å²) in [6.45, 7) is 6.00. The number of likely N-dealkylation sites (tertiary alicyclic amines) is 1. The van der Waals surface area contributed by atoms with Gasteiger partial charge in [0.25, 0.3) is 0 Å². The average Bonchev–Trinajstić information content (AvgIpc) is 2.48. The predicted octanol–water partition coefficient (Wildman–Crippen LogP) is 1.81. The number of rotatable bonds is 6. The number of likely N-dealkylation sites (N-methyl/N-ethyl adjacent to an activating group) is 1. The lowest BCUT2D eigenvalue weighted by atomic mass is 10.0. The molecule has 1 N–H and O–H groups in total. The summed E-state index contributed by atoms with van der Waals surface area (Å²) in [6.07, 6.45) is 0.0368. The number of carbonyl (C=O) groups is 1. The van der Waals surface area contributed by atoms with E-state index in [0.717, 1.165) is 11.5 Å². The highest BCUT2D eigenvalue weighted by atomic mass is 16.5. The predicted molar refractivity (Wildman–Crippen MR) is 90.1 cm³/mol. The van der Waals surface area contributed by atoms with E-state index < -0.39 is 0 Å². The van der Waals surface area contributed by atoms with Gasteiger partial charge in [-0.2, -0.15) is 0 Å². The van der Waals surface area contributed by atoms with Crippen molar-refractivity contribution in [1.29, 1.82) is 0 Å². The molecule has 0 aliphatic carbocycles. The van der Waals surface area contributed by atoms with Gasteiger partial charge in [-0.15, -0.1) is 0 Å². The molecule has 2 rings (SSSR count). The molecule has 1 aromatic carbocycles. The largest absolute Gasteiger partial charge is 0.497 e. The molecule has 0 aromatic heterocycles. The van der Waals surface area contributed by atoms with E-state index in [0.29, 0.717) is 19.6 Å². The van der Waals surface area contributed by atoms with Crippen LogP contribution < -0.4 is 14.8 Å². The standard InChI is InChI=1S/C17H27N3O3/c1-17(2,19(3)4)12-18-16(21)20-10-15(11-20)23-14-8-6-7-13(9-14)22-5/h6-9,15H,10-12H2,1-5H3,(H,18,21). The molecule has 0 saturated carbocycles. The number of urea groups is 1. The molecule has 1 aliphatic rings.